The minimum Gasteiger partial charge on any atom is -0.375 e. The first kappa shape index (κ1) is 10.5. The van der Waals surface area contributed by atoms with Gasteiger partial charge >= 0.3 is 0 Å². The number of amides is 1. The number of ether oxygens (including phenoxy) is 1. The fraction of sp³-hybridized carbons (Fsp3) is 0.900. The van der Waals surface area contributed by atoms with Gasteiger partial charge in [0.05, 0.1) is 12.7 Å². The second-order valence-electron chi connectivity index (χ2n) is 4.09. The maximum Gasteiger partial charge on any atom is 0.219 e. The maximum atomic E-state index is 11.1. The van der Waals surface area contributed by atoms with E-state index in [1.54, 1.807) is 6.92 Å². The van der Waals surface area contributed by atoms with E-state index < -0.39 is 0 Å². The van der Waals surface area contributed by atoms with E-state index in [0.717, 1.165) is 19.5 Å². The summed E-state index contributed by atoms with van der Waals surface area (Å²) in [6.45, 7) is 8.19. The van der Waals surface area contributed by atoms with Gasteiger partial charge in [-0.05, 0) is 12.3 Å². The predicted octanol–water partition coefficient (Wildman–Crippen LogP) is 1.28. The van der Waals surface area contributed by atoms with Crippen LogP contribution < -0.4 is 0 Å². The highest BCUT2D eigenvalue weighted by molar-refractivity contribution is 5.73. The van der Waals surface area contributed by atoms with Gasteiger partial charge < -0.3 is 9.64 Å². The average molecular weight is 185 g/mol. The van der Waals surface area contributed by atoms with E-state index in [2.05, 4.69) is 13.8 Å². The highest BCUT2D eigenvalue weighted by atomic mass is 16.5. The van der Waals surface area contributed by atoms with Crippen LogP contribution in [-0.2, 0) is 9.53 Å². The molecule has 1 aliphatic rings. The van der Waals surface area contributed by atoms with Crippen LogP contribution in [0.3, 0.4) is 0 Å². The minimum absolute atomic E-state index is 0.164. The van der Waals surface area contributed by atoms with Gasteiger partial charge in [0, 0.05) is 20.0 Å². The van der Waals surface area contributed by atoms with Gasteiger partial charge in [0.2, 0.25) is 5.91 Å². The maximum absolute atomic E-state index is 11.1. The van der Waals surface area contributed by atoms with Gasteiger partial charge in [-0.15, -0.1) is 0 Å². The number of carbonyl (C=O) groups is 1. The molecule has 3 heteroatoms. The monoisotopic (exact) mass is 185 g/mol. The zero-order valence-corrected chi connectivity index (χ0v) is 8.75. The molecule has 76 valence electrons. The lowest BCUT2D eigenvalue weighted by atomic mass is 10.0. The number of morpholine rings is 1. The van der Waals surface area contributed by atoms with E-state index in [1.165, 1.54) is 0 Å². The summed E-state index contributed by atoms with van der Waals surface area (Å²) in [6, 6.07) is 0. The normalized spacial score (nSPS) is 23.7. The molecule has 1 amide bonds. The second kappa shape index (κ2) is 4.61. The summed E-state index contributed by atoms with van der Waals surface area (Å²) in [4.78, 5) is 13.0. The lowest BCUT2D eigenvalue weighted by Crippen LogP contribution is -2.45. The molecule has 13 heavy (non-hydrogen) atoms. The molecule has 1 aliphatic heterocycles. The molecule has 3 nitrogen and oxygen atoms in total. The van der Waals surface area contributed by atoms with Crippen molar-refractivity contribution < 1.29 is 9.53 Å². The Morgan fingerprint density at radius 3 is 2.85 bits per heavy atom. The molecule has 0 aromatic rings. The topological polar surface area (TPSA) is 29.5 Å². The average Bonchev–Trinajstić information content (AvgIpc) is 2.03. The molecule has 0 N–H and O–H groups in total. The van der Waals surface area contributed by atoms with Crippen LogP contribution in [-0.4, -0.2) is 36.6 Å². The Balaban J connectivity index is 2.37. The molecule has 1 heterocycles. The second-order valence-corrected chi connectivity index (χ2v) is 4.09. The van der Waals surface area contributed by atoms with Crippen LogP contribution in [0.5, 0.6) is 0 Å². The van der Waals surface area contributed by atoms with E-state index in [0.29, 0.717) is 12.5 Å². The molecular formula is C10H19NO2. The molecular weight excluding hydrogens is 166 g/mol. The van der Waals surface area contributed by atoms with Gasteiger partial charge in [0.25, 0.3) is 0 Å². The Bertz CT molecular complexity index is 180. The van der Waals surface area contributed by atoms with E-state index >= 15 is 0 Å². The summed E-state index contributed by atoms with van der Waals surface area (Å²) < 4.78 is 5.58. The van der Waals surface area contributed by atoms with E-state index in [9.17, 15) is 4.79 Å². The van der Waals surface area contributed by atoms with Crippen LogP contribution >= 0.6 is 0 Å². The van der Waals surface area contributed by atoms with Gasteiger partial charge in [-0.25, -0.2) is 0 Å². The fourth-order valence-corrected chi connectivity index (χ4v) is 1.67. The SMILES string of the molecule is CC(=O)N1CCOC(CC(C)C)C1. The lowest BCUT2D eigenvalue weighted by Gasteiger charge is -2.33. The quantitative estimate of drug-likeness (QED) is 0.648. The van der Waals surface area contributed by atoms with Crippen LogP contribution in [0.25, 0.3) is 0 Å². The Morgan fingerprint density at radius 1 is 1.62 bits per heavy atom. The van der Waals surface area contributed by atoms with Crippen molar-refractivity contribution in [1.82, 2.24) is 4.90 Å². The zero-order chi connectivity index (χ0) is 9.84. The van der Waals surface area contributed by atoms with Crippen LogP contribution in [0.15, 0.2) is 0 Å². The number of hydrogen-bond acceptors (Lipinski definition) is 2. The molecule has 1 unspecified atom stereocenters. The first-order valence-electron chi connectivity index (χ1n) is 4.96. The first-order valence-corrected chi connectivity index (χ1v) is 4.96. The molecule has 0 saturated carbocycles. The standard InChI is InChI=1S/C10H19NO2/c1-8(2)6-10-7-11(9(3)12)4-5-13-10/h8,10H,4-7H2,1-3H3. The summed E-state index contributed by atoms with van der Waals surface area (Å²) in [7, 11) is 0. The summed E-state index contributed by atoms with van der Waals surface area (Å²) in [5.41, 5.74) is 0. The molecule has 0 aliphatic carbocycles. The van der Waals surface area contributed by atoms with Gasteiger partial charge in [-0.1, -0.05) is 13.8 Å². The van der Waals surface area contributed by atoms with Crippen molar-refractivity contribution in [1.29, 1.82) is 0 Å². The lowest BCUT2D eigenvalue weighted by molar-refractivity contribution is -0.136. The predicted molar refractivity (Wildman–Crippen MR) is 51.4 cm³/mol. The van der Waals surface area contributed by atoms with E-state index in [-0.39, 0.29) is 12.0 Å². The van der Waals surface area contributed by atoms with Crippen LogP contribution in [0.4, 0.5) is 0 Å². The Labute approximate surface area is 80.1 Å². The van der Waals surface area contributed by atoms with Crippen molar-refractivity contribution in [3.05, 3.63) is 0 Å². The third-order valence-corrected chi connectivity index (χ3v) is 2.32. The fourth-order valence-electron chi connectivity index (χ4n) is 1.67. The molecule has 0 radical (unpaired) electrons. The highest BCUT2D eigenvalue weighted by Crippen LogP contribution is 2.13. The van der Waals surface area contributed by atoms with E-state index in [1.807, 2.05) is 4.90 Å². The minimum atomic E-state index is 0.164. The third-order valence-electron chi connectivity index (χ3n) is 2.32. The third kappa shape index (κ3) is 3.35. The van der Waals surface area contributed by atoms with Crippen molar-refractivity contribution in [2.75, 3.05) is 19.7 Å². The van der Waals surface area contributed by atoms with E-state index in [4.69, 9.17) is 4.74 Å². The van der Waals surface area contributed by atoms with Crippen LogP contribution in [0.1, 0.15) is 27.2 Å². The smallest absolute Gasteiger partial charge is 0.219 e. The highest BCUT2D eigenvalue weighted by Gasteiger charge is 2.22. The molecule has 0 spiro atoms. The first-order chi connectivity index (χ1) is 6.09. The largest absolute Gasteiger partial charge is 0.375 e. The molecule has 1 fully saturated rings. The van der Waals surface area contributed by atoms with Crippen LogP contribution in [0.2, 0.25) is 0 Å². The summed E-state index contributed by atoms with van der Waals surface area (Å²) in [5, 5.41) is 0. The van der Waals surface area contributed by atoms with Crippen LogP contribution in [0, 0.1) is 5.92 Å². The zero-order valence-electron chi connectivity index (χ0n) is 8.75. The van der Waals surface area contributed by atoms with Gasteiger partial charge in [-0.2, -0.15) is 0 Å². The Morgan fingerprint density at radius 2 is 2.31 bits per heavy atom. The molecule has 1 rings (SSSR count). The summed E-state index contributed by atoms with van der Waals surface area (Å²) in [6.07, 6.45) is 1.29. The van der Waals surface area contributed by atoms with Crippen molar-refractivity contribution in [2.24, 2.45) is 5.92 Å². The number of hydrogen-bond donors (Lipinski definition) is 0. The van der Waals surface area contributed by atoms with Crippen molar-refractivity contribution >= 4 is 5.91 Å². The number of rotatable bonds is 2. The van der Waals surface area contributed by atoms with Gasteiger partial charge in [0.15, 0.2) is 0 Å². The Hall–Kier alpha value is -0.570. The summed E-state index contributed by atoms with van der Waals surface area (Å²) >= 11 is 0. The van der Waals surface area contributed by atoms with Crippen molar-refractivity contribution in [3.63, 3.8) is 0 Å². The van der Waals surface area contributed by atoms with Crippen molar-refractivity contribution in [3.8, 4) is 0 Å². The van der Waals surface area contributed by atoms with Gasteiger partial charge in [-0.3, -0.25) is 4.79 Å². The molecule has 1 saturated heterocycles. The molecule has 0 aromatic carbocycles. The van der Waals surface area contributed by atoms with Crippen molar-refractivity contribution in [2.45, 2.75) is 33.3 Å². The van der Waals surface area contributed by atoms with Gasteiger partial charge in [0.1, 0.15) is 0 Å². The number of carbonyl (C=O) groups excluding carboxylic acids is 1. The molecule has 0 bridgehead atoms. The summed E-state index contributed by atoms with van der Waals surface area (Å²) in [5.74, 6) is 0.800. The molecule has 0 aromatic heterocycles. The number of nitrogens with zero attached hydrogens (tertiary/aromatic N) is 1. The Kier molecular flexibility index (Phi) is 3.72. The molecule has 1 atom stereocenters.